The molecule has 164 valence electrons. The van der Waals surface area contributed by atoms with E-state index in [1.807, 2.05) is 0 Å². The first-order valence-corrected chi connectivity index (χ1v) is 12.4. The number of hydrogen-bond acceptors (Lipinski definition) is 3. The van der Waals surface area contributed by atoms with Gasteiger partial charge in [0.25, 0.3) is 0 Å². The Balaban J connectivity index is 1.70. The summed E-state index contributed by atoms with van der Waals surface area (Å²) in [6.45, 7) is 5.77. The standard InChI is InChI=1S/C26H44N2O/c1-27-20-22-28(23-21-27)19-16-25(24-14-10-9-11-15-24)26(29)17-12-7-5-3-2-4-6-8-13-18-26/h9-11,14-15,25,29H,2-8,12-13,16-23H2,1H3. The molecule has 2 fully saturated rings. The second kappa shape index (κ2) is 12.1. The molecule has 1 saturated carbocycles. The number of nitrogens with zero attached hydrogens (tertiary/aromatic N) is 2. The minimum Gasteiger partial charge on any atom is -0.389 e. The zero-order valence-electron chi connectivity index (χ0n) is 18.8. The largest absolute Gasteiger partial charge is 0.389 e. The number of likely N-dealkylation sites (N-methyl/N-ethyl adjacent to an activating group) is 1. The third-order valence-electron chi connectivity index (χ3n) is 7.40. The van der Waals surface area contributed by atoms with Crippen LogP contribution in [0.3, 0.4) is 0 Å². The van der Waals surface area contributed by atoms with Gasteiger partial charge in [-0.25, -0.2) is 0 Å². The molecule has 0 spiro atoms. The molecule has 1 aliphatic carbocycles. The molecule has 1 aromatic carbocycles. The Labute approximate surface area is 179 Å². The Morgan fingerprint density at radius 3 is 1.86 bits per heavy atom. The summed E-state index contributed by atoms with van der Waals surface area (Å²) in [5.41, 5.74) is 0.795. The molecule has 0 bridgehead atoms. The fourth-order valence-electron chi connectivity index (χ4n) is 5.39. The van der Waals surface area contributed by atoms with Crippen molar-refractivity contribution >= 4 is 0 Å². The Bertz CT molecular complexity index is 541. The molecule has 2 aliphatic rings. The summed E-state index contributed by atoms with van der Waals surface area (Å²) in [6, 6.07) is 10.9. The lowest BCUT2D eigenvalue weighted by Gasteiger charge is -2.39. The third-order valence-corrected chi connectivity index (χ3v) is 7.40. The molecule has 1 heterocycles. The van der Waals surface area contributed by atoms with Crippen LogP contribution >= 0.6 is 0 Å². The zero-order valence-corrected chi connectivity index (χ0v) is 18.8. The van der Waals surface area contributed by atoms with Crippen molar-refractivity contribution in [2.75, 3.05) is 39.8 Å². The lowest BCUT2D eigenvalue weighted by atomic mass is 9.73. The second-order valence-corrected chi connectivity index (χ2v) is 9.68. The fourth-order valence-corrected chi connectivity index (χ4v) is 5.39. The zero-order chi connectivity index (χ0) is 20.4. The van der Waals surface area contributed by atoms with Crippen molar-refractivity contribution in [1.29, 1.82) is 0 Å². The molecule has 1 saturated heterocycles. The number of benzene rings is 1. The van der Waals surface area contributed by atoms with Gasteiger partial charge in [-0.3, -0.25) is 0 Å². The first-order valence-electron chi connectivity index (χ1n) is 12.4. The van der Waals surface area contributed by atoms with Crippen LogP contribution in [0.2, 0.25) is 0 Å². The van der Waals surface area contributed by atoms with E-state index in [1.54, 1.807) is 0 Å². The molecule has 3 nitrogen and oxygen atoms in total. The molecule has 0 radical (unpaired) electrons. The smallest absolute Gasteiger partial charge is 0.0716 e. The lowest BCUT2D eigenvalue weighted by Crippen LogP contribution is -2.46. The van der Waals surface area contributed by atoms with E-state index in [0.29, 0.717) is 0 Å². The normalized spacial score (nSPS) is 24.3. The van der Waals surface area contributed by atoms with E-state index >= 15 is 0 Å². The second-order valence-electron chi connectivity index (χ2n) is 9.68. The fraction of sp³-hybridized carbons (Fsp3) is 0.769. The van der Waals surface area contributed by atoms with Crippen LogP contribution in [0.15, 0.2) is 30.3 Å². The van der Waals surface area contributed by atoms with Crippen LogP contribution in [0.25, 0.3) is 0 Å². The molecule has 1 atom stereocenters. The summed E-state index contributed by atoms with van der Waals surface area (Å²) in [7, 11) is 2.22. The average molecular weight is 401 g/mol. The molecule has 0 amide bonds. The summed E-state index contributed by atoms with van der Waals surface area (Å²) in [4.78, 5) is 5.03. The summed E-state index contributed by atoms with van der Waals surface area (Å²) in [6.07, 6.45) is 14.8. The van der Waals surface area contributed by atoms with Gasteiger partial charge in [0, 0.05) is 32.1 Å². The Kier molecular flexibility index (Phi) is 9.48. The Hall–Kier alpha value is -0.900. The molecular formula is C26H44N2O. The highest BCUT2D eigenvalue weighted by Crippen LogP contribution is 2.40. The van der Waals surface area contributed by atoms with Crippen LogP contribution in [0.4, 0.5) is 0 Å². The highest BCUT2D eigenvalue weighted by Gasteiger charge is 2.37. The summed E-state index contributed by atoms with van der Waals surface area (Å²) >= 11 is 0. The number of hydrogen-bond donors (Lipinski definition) is 1. The summed E-state index contributed by atoms with van der Waals surface area (Å²) in [5.74, 6) is 0.256. The molecule has 1 aromatic rings. The minimum atomic E-state index is -0.548. The van der Waals surface area contributed by atoms with Crippen LogP contribution in [0.5, 0.6) is 0 Å². The van der Waals surface area contributed by atoms with Gasteiger partial charge in [0.15, 0.2) is 0 Å². The van der Waals surface area contributed by atoms with Gasteiger partial charge in [-0.15, -0.1) is 0 Å². The van der Waals surface area contributed by atoms with Crippen molar-refractivity contribution < 1.29 is 5.11 Å². The SMILES string of the molecule is CN1CCN(CCC(c2ccccc2)C2(O)CCCCCCCCCCC2)CC1. The van der Waals surface area contributed by atoms with Gasteiger partial charge in [0.2, 0.25) is 0 Å². The molecular weight excluding hydrogens is 356 g/mol. The van der Waals surface area contributed by atoms with Gasteiger partial charge in [0.05, 0.1) is 5.60 Å². The van der Waals surface area contributed by atoms with Gasteiger partial charge in [0.1, 0.15) is 0 Å². The maximum absolute atomic E-state index is 12.0. The van der Waals surface area contributed by atoms with Crippen molar-refractivity contribution in [2.45, 2.75) is 88.6 Å². The summed E-state index contributed by atoms with van der Waals surface area (Å²) < 4.78 is 0. The van der Waals surface area contributed by atoms with Crippen LogP contribution in [-0.2, 0) is 0 Å². The molecule has 29 heavy (non-hydrogen) atoms. The van der Waals surface area contributed by atoms with Crippen LogP contribution in [0.1, 0.15) is 88.5 Å². The monoisotopic (exact) mass is 400 g/mol. The van der Waals surface area contributed by atoms with Crippen molar-refractivity contribution in [1.82, 2.24) is 9.80 Å². The van der Waals surface area contributed by atoms with Crippen molar-refractivity contribution in [3.8, 4) is 0 Å². The molecule has 1 N–H and O–H groups in total. The molecule has 0 aromatic heterocycles. The lowest BCUT2D eigenvalue weighted by molar-refractivity contribution is -0.0155. The van der Waals surface area contributed by atoms with Crippen molar-refractivity contribution in [3.05, 3.63) is 35.9 Å². The number of piperazine rings is 1. The van der Waals surface area contributed by atoms with Crippen molar-refractivity contribution in [3.63, 3.8) is 0 Å². The summed E-state index contributed by atoms with van der Waals surface area (Å²) in [5, 5.41) is 12.0. The highest BCUT2D eigenvalue weighted by atomic mass is 16.3. The van der Waals surface area contributed by atoms with E-state index in [0.717, 1.165) is 38.9 Å². The van der Waals surface area contributed by atoms with E-state index in [1.165, 1.54) is 76.4 Å². The Morgan fingerprint density at radius 2 is 1.31 bits per heavy atom. The highest BCUT2D eigenvalue weighted by molar-refractivity contribution is 5.23. The average Bonchev–Trinajstić information content (AvgIpc) is 2.73. The topological polar surface area (TPSA) is 26.7 Å². The predicted molar refractivity (Wildman–Crippen MR) is 123 cm³/mol. The third kappa shape index (κ3) is 7.38. The molecule has 3 rings (SSSR count). The van der Waals surface area contributed by atoms with Gasteiger partial charge >= 0.3 is 0 Å². The van der Waals surface area contributed by atoms with Gasteiger partial charge in [-0.05, 0) is 38.4 Å². The predicted octanol–water partition coefficient (Wildman–Crippen LogP) is 5.44. The molecule has 1 aliphatic heterocycles. The van der Waals surface area contributed by atoms with E-state index in [2.05, 4.69) is 47.2 Å². The molecule has 1 unspecified atom stereocenters. The first-order chi connectivity index (χ1) is 14.2. The van der Waals surface area contributed by atoms with Gasteiger partial charge in [-0.1, -0.05) is 88.1 Å². The van der Waals surface area contributed by atoms with E-state index in [9.17, 15) is 5.11 Å². The van der Waals surface area contributed by atoms with E-state index < -0.39 is 5.60 Å². The van der Waals surface area contributed by atoms with E-state index in [-0.39, 0.29) is 5.92 Å². The number of aliphatic hydroxyl groups is 1. The van der Waals surface area contributed by atoms with Gasteiger partial charge in [-0.2, -0.15) is 0 Å². The van der Waals surface area contributed by atoms with Crippen LogP contribution < -0.4 is 0 Å². The Morgan fingerprint density at radius 1 is 0.793 bits per heavy atom. The van der Waals surface area contributed by atoms with Gasteiger partial charge < -0.3 is 14.9 Å². The van der Waals surface area contributed by atoms with Crippen molar-refractivity contribution in [2.24, 2.45) is 0 Å². The maximum Gasteiger partial charge on any atom is 0.0716 e. The molecule has 3 heteroatoms. The minimum absolute atomic E-state index is 0.256. The number of rotatable bonds is 5. The van der Waals surface area contributed by atoms with Crippen LogP contribution in [-0.4, -0.2) is 60.3 Å². The van der Waals surface area contributed by atoms with Crippen LogP contribution in [0, 0.1) is 0 Å². The quantitative estimate of drug-likeness (QED) is 0.712. The maximum atomic E-state index is 12.0. The first kappa shape index (κ1) is 22.8. The van der Waals surface area contributed by atoms with E-state index in [4.69, 9.17) is 0 Å².